The molecular formula is C17H23N3O2S. The predicted molar refractivity (Wildman–Crippen MR) is 97.3 cm³/mol. The van der Waals surface area contributed by atoms with E-state index in [4.69, 9.17) is 5.73 Å². The maximum Gasteiger partial charge on any atom is 0.268 e. The molecule has 2 aromatic carbocycles. The molecule has 2 rings (SSSR count). The van der Waals surface area contributed by atoms with Gasteiger partial charge in [0.15, 0.2) is 0 Å². The molecule has 0 fully saturated rings. The Kier molecular flexibility index (Phi) is 6.70. The average Bonchev–Trinajstić information content (AvgIpc) is 2.59. The summed E-state index contributed by atoms with van der Waals surface area (Å²) in [5.74, 6) is 0.995. The van der Waals surface area contributed by atoms with Gasteiger partial charge in [-0.2, -0.15) is 11.8 Å². The molecule has 0 radical (unpaired) electrons. The standard InChI is InChI=1S/C17H23N3O2S/c1-2-10-23-11-14(18)16(21)17(22)20-19-15-9-5-7-12-6-3-4-8-13(12)15/h3-9,14,16,19,21H,2,10-11,18H2,1H3,(H,20,22)/t14-,16+/m1/s1. The highest BCUT2D eigenvalue weighted by atomic mass is 32.2. The van der Waals surface area contributed by atoms with Gasteiger partial charge < -0.3 is 10.8 Å². The Labute approximate surface area is 140 Å². The summed E-state index contributed by atoms with van der Waals surface area (Å²) in [5.41, 5.74) is 12.0. The van der Waals surface area contributed by atoms with Crippen LogP contribution in [0.15, 0.2) is 42.5 Å². The highest BCUT2D eigenvalue weighted by Crippen LogP contribution is 2.22. The Hall–Kier alpha value is -1.76. The zero-order valence-corrected chi connectivity index (χ0v) is 14.0. The van der Waals surface area contributed by atoms with Crippen molar-refractivity contribution in [1.29, 1.82) is 0 Å². The normalized spacial score (nSPS) is 13.5. The van der Waals surface area contributed by atoms with Gasteiger partial charge in [0.1, 0.15) is 6.10 Å². The fraction of sp³-hybridized carbons (Fsp3) is 0.353. The van der Waals surface area contributed by atoms with Gasteiger partial charge in [-0.3, -0.25) is 15.6 Å². The summed E-state index contributed by atoms with van der Waals surface area (Å²) in [6.45, 7) is 2.08. The number of nitrogens with two attached hydrogens (primary N) is 1. The number of amides is 1. The van der Waals surface area contributed by atoms with Gasteiger partial charge in [0.2, 0.25) is 0 Å². The fourth-order valence-electron chi connectivity index (χ4n) is 2.19. The molecule has 5 nitrogen and oxygen atoms in total. The Morgan fingerprint density at radius 1 is 1.26 bits per heavy atom. The number of hydrogen-bond donors (Lipinski definition) is 4. The number of thioether (sulfide) groups is 1. The van der Waals surface area contributed by atoms with E-state index in [1.807, 2.05) is 42.5 Å². The summed E-state index contributed by atoms with van der Waals surface area (Å²) in [6.07, 6.45) is -0.190. The number of carbonyl (C=O) groups excluding carboxylic acids is 1. The van der Waals surface area contributed by atoms with Crippen molar-refractivity contribution in [3.05, 3.63) is 42.5 Å². The van der Waals surface area contributed by atoms with Crippen LogP contribution in [-0.4, -0.2) is 34.7 Å². The second-order valence-electron chi connectivity index (χ2n) is 5.32. The van der Waals surface area contributed by atoms with Crippen molar-refractivity contribution in [2.24, 2.45) is 5.73 Å². The SMILES string of the molecule is CCCSC[C@@H](N)[C@H](O)C(=O)NNc1cccc2ccccc12. The molecule has 2 atom stereocenters. The number of aliphatic hydroxyl groups is 1. The van der Waals surface area contributed by atoms with Crippen LogP contribution in [0.5, 0.6) is 0 Å². The second-order valence-corrected chi connectivity index (χ2v) is 6.47. The first-order chi connectivity index (χ1) is 11.1. The molecule has 23 heavy (non-hydrogen) atoms. The number of hydrogen-bond acceptors (Lipinski definition) is 5. The molecule has 6 heteroatoms. The lowest BCUT2D eigenvalue weighted by atomic mass is 10.1. The number of fused-ring (bicyclic) bond motifs is 1. The Balaban J connectivity index is 1.92. The van der Waals surface area contributed by atoms with Crippen LogP contribution in [-0.2, 0) is 4.79 Å². The first-order valence-corrected chi connectivity index (χ1v) is 8.84. The third-order valence-corrected chi connectivity index (χ3v) is 4.76. The van der Waals surface area contributed by atoms with Crippen molar-refractivity contribution in [3.8, 4) is 0 Å². The van der Waals surface area contributed by atoms with Crippen LogP contribution < -0.4 is 16.6 Å². The summed E-state index contributed by atoms with van der Waals surface area (Å²) in [4.78, 5) is 12.0. The topological polar surface area (TPSA) is 87.4 Å². The summed E-state index contributed by atoms with van der Waals surface area (Å²) >= 11 is 1.64. The van der Waals surface area contributed by atoms with Crippen molar-refractivity contribution in [3.63, 3.8) is 0 Å². The summed E-state index contributed by atoms with van der Waals surface area (Å²) in [6, 6.07) is 13.0. The summed E-state index contributed by atoms with van der Waals surface area (Å²) in [5, 5.41) is 12.0. The van der Waals surface area contributed by atoms with E-state index in [1.54, 1.807) is 11.8 Å². The van der Waals surface area contributed by atoms with Gasteiger partial charge in [0, 0.05) is 17.2 Å². The van der Waals surface area contributed by atoms with E-state index < -0.39 is 18.1 Å². The molecule has 124 valence electrons. The number of rotatable bonds is 8. The van der Waals surface area contributed by atoms with E-state index in [2.05, 4.69) is 17.8 Å². The first kappa shape index (κ1) is 17.6. The lowest BCUT2D eigenvalue weighted by molar-refractivity contribution is -0.129. The lowest BCUT2D eigenvalue weighted by Crippen LogP contribution is -2.49. The van der Waals surface area contributed by atoms with Crippen molar-refractivity contribution in [1.82, 2.24) is 5.43 Å². The van der Waals surface area contributed by atoms with Crippen LogP contribution >= 0.6 is 11.8 Å². The van der Waals surface area contributed by atoms with Crippen molar-refractivity contribution < 1.29 is 9.90 Å². The van der Waals surface area contributed by atoms with Crippen LogP contribution in [0.25, 0.3) is 10.8 Å². The molecule has 0 aliphatic carbocycles. The number of anilines is 1. The van der Waals surface area contributed by atoms with Gasteiger partial charge >= 0.3 is 0 Å². The van der Waals surface area contributed by atoms with E-state index in [0.29, 0.717) is 5.75 Å². The molecule has 0 saturated carbocycles. The van der Waals surface area contributed by atoms with Gasteiger partial charge in [-0.05, 0) is 23.6 Å². The largest absolute Gasteiger partial charge is 0.382 e. The van der Waals surface area contributed by atoms with E-state index in [-0.39, 0.29) is 0 Å². The molecule has 1 amide bonds. The van der Waals surface area contributed by atoms with E-state index in [1.165, 1.54) is 0 Å². The quantitative estimate of drug-likeness (QED) is 0.439. The van der Waals surface area contributed by atoms with E-state index >= 15 is 0 Å². The van der Waals surface area contributed by atoms with Gasteiger partial charge in [-0.25, -0.2) is 0 Å². The van der Waals surface area contributed by atoms with Crippen LogP contribution in [0.1, 0.15) is 13.3 Å². The molecule has 0 unspecified atom stereocenters. The molecule has 0 aliphatic heterocycles. The minimum atomic E-state index is -1.23. The molecule has 0 aliphatic rings. The predicted octanol–water partition coefficient (Wildman–Crippen LogP) is 2.11. The zero-order chi connectivity index (χ0) is 16.7. The second kappa shape index (κ2) is 8.76. The van der Waals surface area contributed by atoms with Gasteiger partial charge in [-0.1, -0.05) is 43.3 Å². The van der Waals surface area contributed by atoms with Gasteiger partial charge in [0.25, 0.3) is 5.91 Å². The Morgan fingerprint density at radius 2 is 2.00 bits per heavy atom. The highest BCUT2D eigenvalue weighted by Gasteiger charge is 2.22. The highest BCUT2D eigenvalue weighted by molar-refractivity contribution is 7.99. The van der Waals surface area contributed by atoms with Crippen LogP contribution in [0.4, 0.5) is 5.69 Å². The first-order valence-electron chi connectivity index (χ1n) is 7.68. The molecule has 0 heterocycles. The molecule has 0 aromatic heterocycles. The maximum atomic E-state index is 12.0. The lowest BCUT2D eigenvalue weighted by Gasteiger charge is -2.19. The molecule has 0 bridgehead atoms. The van der Waals surface area contributed by atoms with Crippen molar-refractivity contribution in [2.75, 3.05) is 16.9 Å². The number of aliphatic hydroxyl groups excluding tert-OH is 1. The molecule has 0 spiro atoms. The van der Waals surface area contributed by atoms with Crippen LogP contribution in [0.2, 0.25) is 0 Å². The van der Waals surface area contributed by atoms with E-state index in [0.717, 1.165) is 28.6 Å². The zero-order valence-electron chi connectivity index (χ0n) is 13.2. The molecule has 5 N–H and O–H groups in total. The molecular weight excluding hydrogens is 310 g/mol. The van der Waals surface area contributed by atoms with Crippen LogP contribution in [0, 0.1) is 0 Å². The smallest absolute Gasteiger partial charge is 0.268 e. The molecule has 0 saturated heterocycles. The Bertz CT molecular complexity index is 645. The number of carbonyl (C=O) groups is 1. The minimum absolute atomic E-state index is 0.525. The number of hydrazine groups is 1. The number of benzene rings is 2. The number of nitrogens with one attached hydrogen (secondary N) is 2. The minimum Gasteiger partial charge on any atom is -0.382 e. The van der Waals surface area contributed by atoms with Crippen LogP contribution in [0.3, 0.4) is 0 Å². The summed E-state index contributed by atoms with van der Waals surface area (Å²) < 4.78 is 0. The summed E-state index contributed by atoms with van der Waals surface area (Å²) in [7, 11) is 0. The third-order valence-electron chi connectivity index (χ3n) is 3.44. The Morgan fingerprint density at radius 3 is 2.78 bits per heavy atom. The molecule has 2 aromatic rings. The van der Waals surface area contributed by atoms with Crippen molar-refractivity contribution >= 4 is 34.1 Å². The van der Waals surface area contributed by atoms with Gasteiger partial charge in [-0.15, -0.1) is 0 Å². The maximum absolute atomic E-state index is 12.0. The third kappa shape index (κ3) is 4.86. The van der Waals surface area contributed by atoms with Crippen molar-refractivity contribution in [2.45, 2.75) is 25.5 Å². The average molecular weight is 333 g/mol. The van der Waals surface area contributed by atoms with Gasteiger partial charge in [0.05, 0.1) is 5.69 Å². The monoisotopic (exact) mass is 333 g/mol. The fourth-order valence-corrected chi connectivity index (χ4v) is 3.10. The van der Waals surface area contributed by atoms with E-state index in [9.17, 15) is 9.90 Å².